The van der Waals surface area contributed by atoms with Crippen molar-refractivity contribution in [3.05, 3.63) is 88.8 Å². The van der Waals surface area contributed by atoms with Gasteiger partial charge in [0.15, 0.2) is 22.5 Å². The zero-order valence-electron chi connectivity index (χ0n) is 17.9. The Morgan fingerprint density at radius 2 is 1.70 bits per heavy atom. The van der Waals surface area contributed by atoms with Gasteiger partial charge < -0.3 is 23.6 Å². The Morgan fingerprint density at radius 1 is 0.879 bits per heavy atom. The molecular weight excluding hydrogens is 422 g/mol. The summed E-state index contributed by atoms with van der Waals surface area (Å²) in [6, 6.07) is 20.6. The standard InChI is InChI=1S/C26H19NO6/c1-30-18-9-6-15(7-10-18)22-14-20(28)19-11-8-17(13-23(19)32-22)27-26(29)24-12-16-4-3-5-21(31-2)25(16)33-24/h3-14H,1-2H3,(H,27,29). The summed E-state index contributed by atoms with van der Waals surface area (Å²) in [7, 11) is 3.13. The van der Waals surface area contributed by atoms with Crippen molar-refractivity contribution < 1.29 is 23.1 Å². The van der Waals surface area contributed by atoms with Crippen molar-refractivity contribution in [2.45, 2.75) is 0 Å². The number of carbonyl (C=O) groups is 1. The van der Waals surface area contributed by atoms with E-state index in [1.807, 2.05) is 24.3 Å². The van der Waals surface area contributed by atoms with Gasteiger partial charge in [0.1, 0.15) is 17.1 Å². The maximum absolute atomic E-state index is 12.8. The van der Waals surface area contributed by atoms with Crippen LogP contribution in [0.2, 0.25) is 0 Å². The molecule has 0 fully saturated rings. The second kappa shape index (κ2) is 8.20. The molecule has 7 heteroatoms. The summed E-state index contributed by atoms with van der Waals surface area (Å²) in [5.41, 5.74) is 1.89. The molecule has 0 aliphatic heterocycles. The molecule has 0 aliphatic rings. The highest BCUT2D eigenvalue weighted by Gasteiger charge is 2.16. The lowest BCUT2D eigenvalue weighted by Gasteiger charge is -2.07. The van der Waals surface area contributed by atoms with Gasteiger partial charge in [-0.2, -0.15) is 0 Å². The number of ether oxygens (including phenoxy) is 2. The monoisotopic (exact) mass is 441 g/mol. The van der Waals surface area contributed by atoms with Crippen LogP contribution in [0, 0.1) is 0 Å². The van der Waals surface area contributed by atoms with Crippen LogP contribution in [0.3, 0.4) is 0 Å². The zero-order chi connectivity index (χ0) is 22.9. The summed E-state index contributed by atoms with van der Waals surface area (Å²) in [5, 5.41) is 3.96. The van der Waals surface area contributed by atoms with Crippen molar-refractivity contribution in [3.63, 3.8) is 0 Å². The van der Waals surface area contributed by atoms with Crippen molar-refractivity contribution in [1.29, 1.82) is 0 Å². The SMILES string of the molecule is COc1ccc(-c2cc(=O)c3ccc(NC(=O)c4cc5cccc(OC)c5o4)cc3o2)cc1. The van der Waals surface area contributed by atoms with E-state index in [0.717, 1.165) is 10.9 Å². The number of carbonyl (C=O) groups excluding carboxylic acids is 1. The predicted molar refractivity (Wildman–Crippen MR) is 125 cm³/mol. The van der Waals surface area contributed by atoms with Gasteiger partial charge in [-0.15, -0.1) is 0 Å². The molecule has 0 aliphatic carbocycles. The number of rotatable bonds is 5. The molecule has 0 atom stereocenters. The number of benzene rings is 3. The van der Waals surface area contributed by atoms with Gasteiger partial charge in [0.2, 0.25) is 0 Å². The zero-order valence-corrected chi connectivity index (χ0v) is 17.9. The van der Waals surface area contributed by atoms with Crippen molar-refractivity contribution >= 4 is 33.5 Å². The van der Waals surface area contributed by atoms with Gasteiger partial charge in [0.25, 0.3) is 5.91 Å². The Labute approximate surface area is 188 Å². The fourth-order valence-corrected chi connectivity index (χ4v) is 3.63. The number of anilines is 1. The molecule has 2 aromatic heterocycles. The molecule has 0 bridgehead atoms. The molecule has 0 spiro atoms. The van der Waals surface area contributed by atoms with Crippen LogP contribution in [0.5, 0.6) is 11.5 Å². The fraction of sp³-hybridized carbons (Fsp3) is 0.0769. The van der Waals surface area contributed by atoms with Crippen LogP contribution in [0.15, 0.2) is 86.4 Å². The van der Waals surface area contributed by atoms with Crippen LogP contribution in [-0.2, 0) is 0 Å². The molecule has 3 aromatic carbocycles. The number of furan rings is 1. The minimum Gasteiger partial charge on any atom is -0.497 e. The van der Waals surface area contributed by atoms with Gasteiger partial charge >= 0.3 is 0 Å². The van der Waals surface area contributed by atoms with E-state index in [9.17, 15) is 9.59 Å². The average Bonchev–Trinajstić information content (AvgIpc) is 3.29. The Hall–Kier alpha value is -4.52. The normalized spacial score (nSPS) is 11.0. The Balaban J connectivity index is 1.47. The Morgan fingerprint density at radius 3 is 2.45 bits per heavy atom. The van der Waals surface area contributed by atoms with E-state index in [-0.39, 0.29) is 11.2 Å². The number of fused-ring (bicyclic) bond motifs is 2. The number of methoxy groups -OCH3 is 2. The van der Waals surface area contributed by atoms with E-state index in [1.54, 1.807) is 56.7 Å². The molecule has 0 unspecified atom stereocenters. The fourth-order valence-electron chi connectivity index (χ4n) is 3.63. The first-order chi connectivity index (χ1) is 16.1. The molecule has 1 amide bonds. The summed E-state index contributed by atoms with van der Waals surface area (Å²) in [5.74, 6) is 1.38. The Bertz CT molecular complexity index is 1550. The number of para-hydroxylation sites is 1. The van der Waals surface area contributed by atoms with Crippen molar-refractivity contribution in [2.75, 3.05) is 19.5 Å². The first kappa shape index (κ1) is 20.4. The lowest BCUT2D eigenvalue weighted by molar-refractivity contribution is 0.0998. The molecule has 1 N–H and O–H groups in total. The van der Waals surface area contributed by atoms with Crippen molar-refractivity contribution in [2.24, 2.45) is 0 Å². The first-order valence-corrected chi connectivity index (χ1v) is 10.2. The third kappa shape index (κ3) is 3.80. The van der Waals surface area contributed by atoms with Crippen LogP contribution in [0.1, 0.15) is 10.6 Å². The van der Waals surface area contributed by atoms with Crippen LogP contribution in [0.25, 0.3) is 33.3 Å². The van der Waals surface area contributed by atoms with Crippen LogP contribution < -0.4 is 20.2 Å². The lowest BCUT2D eigenvalue weighted by Crippen LogP contribution is -2.11. The predicted octanol–water partition coefficient (Wildman–Crippen LogP) is 5.48. The lowest BCUT2D eigenvalue weighted by atomic mass is 10.1. The first-order valence-electron chi connectivity index (χ1n) is 10.2. The second-order valence-electron chi connectivity index (χ2n) is 7.36. The summed E-state index contributed by atoms with van der Waals surface area (Å²) in [6.07, 6.45) is 0. The van der Waals surface area contributed by atoms with E-state index >= 15 is 0 Å². The third-order valence-electron chi connectivity index (χ3n) is 5.31. The number of amides is 1. The summed E-state index contributed by atoms with van der Waals surface area (Å²) < 4.78 is 22.1. The third-order valence-corrected chi connectivity index (χ3v) is 5.31. The molecule has 2 heterocycles. The molecule has 0 radical (unpaired) electrons. The molecule has 0 saturated carbocycles. The molecular formula is C26H19NO6. The minimum absolute atomic E-state index is 0.142. The quantitative estimate of drug-likeness (QED) is 0.389. The maximum Gasteiger partial charge on any atom is 0.291 e. The Kier molecular flexibility index (Phi) is 5.06. The van der Waals surface area contributed by atoms with Crippen LogP contribution >= 0.6 is 0 Å². The summed E-state index contributed by atoms with van der Waals surface area (Å²) in [4.78, 5) is 25.4. The molecule has 0 saturated heterocycles. The summed E-state index contributed by atoms with van der Waals surface area (Å²) >= 11 is 0. The molecule has 7 nitrogen and oxygen atoms in total. The average molecular weight is 441 g/mol. The molecule has 5 rings (SSSR count). The largest absolute Gasteiger partial charge is 0.497 e. The topological polar surface area (TPSA) is 90.9 Å². The van der Waals surface area contributed by atoms with E-state index < -0.39 is 5.91 Å². The number of hydrogen-bond donors (Lipinski definition) is 1. The second-order valence-corrected chi connectivity index (χ2v) is 7.36. The van der Waals surface area contributed by atoms with Gasteiger partial charge in [0.05, 0.1) is 19.6 Å². The van der Waals surface area contributed by atoms with Gasteiger partial charge in [-0.25, -0.2) is 0 Å². The van der Waals surface area contributed by atoms with E-state index in [4.69, 9.17) is 18.3 Å². The molecule has 5 aromatic rings. The highest BCUT2D eigenvalue weighted by Crippen LogP contribution is 2.29. The van der Waals surface area contributed by atoms with E-state index in [0.29, 0.717) is 39.5 Å². The van der Waals surface area contributed by atoms with Gasteiger partial charge in [-0.3, -0.25) is 9.59 Å². The van der Waals surface area contributed by atoms with Gasteiger partial charge in [-0.05, 0) is 48.5 Å². The highest BCUT2D eigenvalue weighted by molar-refractivity contribution is 6.05. The maximum atomic E-state index is 12.8. The van der Waals surface area contributed by atoms with Crippen LogP contribution in [0.4, 0.5) is 5.69 Å². The minimum atomic E-state index is -0.429. The number of nitrogens with one attached hydrogen (secondary N) is 1. The van der Waals surface area contributed by atoms with Crippen LogP contribution in [-0.4, -0.2) is 20.1 Å². The smallest absolute Gasteiger partial charge is 0.291 e. The van der Waals surface area contributed by atoms with Crippen molar-refractivity contribution in [3.8, 4) is 22.8 Å². The highest BCUT2D eigenvalue weighted by atomic mass is 16.5. The van der Waals surface area contributed by atoms with E-state index in [1.165, 1.54) is 6.07 Å². The van der Waals surface area contributed by atoms with Crippen molar-refractivity contribution in [1.82, 2.24) is 0 Å². The van der Waals surface area contributed by atoms with E-state index in [2.05, 4.69) is 5.32 Å². The number of hydrogen-bond acceptors (Lipinski definition) is 6. The van der Waals surface area contributed by atoms with Gasteiger partial charge in [0, 0.05) is 28.8 Å². The molecule has 33 heavy (non-hydrogen) atoms. The van der Waals surface area contributed by atoms with Gasteiger partial charge in [-0.1, -0.05) is 12.1 Å². The summed E-state index contributed by atoms with van der Waals surface area (Å²) in [6.45, 7) is 0. The molecule has 164 valence electrons.